The fraction of sp³-hybridized carbons (Fsp3) is 0.533. The minimum atomic E-state index is -0.585. The van der Waals surface area contributed by atoms with Gasteiger partial charge in [-0.2, -0.15) is 0 Å². The summed E-state index contributed by atoms with van der Waals surface area (Å²) in [7, 11) is 0. The van der Waals surface area contributed by atoms with E-state index in [4.69, 9.17) is 8.92 Å². The number of pyridine rings is 1. The average Bonchev–Trinajstić information content (AvgIpc) is 2.93. The number of nitrogens with zero attached hydrogens (tertiary/aromatic N) is 2. The normalized spacial score (nSPS) is 18.1. The number of carbonyl (C=O) groups is 2. The molecule has 1 aromatic heterocycles. The minimum Gasteiger partial charge on any atom is -0.444 e. The molecule has 1 fully saturated rings. The summed E-state index contributed by atoms with van der Waals surface area (Å²) in [6, 6.07) is 2.98. The van der Waals surface area contributed by atoms with E-state index < -0.39 is 23.7 Å². The second-order valence-corrected chi connectivity index (χ2v) is 6.81. The van der Waals surface area contributed by atoms with E-state index in [1.54, 1.807) is 45.3 Å². The Labute approximate surface area is 134 Å². The van der Waals surface area contributed by atoms with Crippen LogP contribution in [0.25, 0.3) is 0 Å². The fourth-order valence-corrected chi connectivity index (χ4v) is 2.62. The highest BCUT2D eigenvalue weighted by molar-refractivity contribution is 7.95. The molecule has 0 radical (unpaired) electrons. The maximum absolute atomic E-state index is 12.2. The van der Waals surface area contributed by atoms with Gasteiger partial charge in [-0.3, -0.25) is 9.88 Å². The lowest BCUT2D eigenvalue weighted by Crippen LogP contribution is -2.43. The Kier molecular flexibility index (Phi) is 5.28. The SMILES string of the molecule is CC(C)(C)OC(=O)N1CCCC1C(=O)OSc1cccnc1. The van der Waals surface area contributed by atoms with Gasteiger partial charge in [-0.1, -0.05) is 0 Å². The smallest absolute Gasteiger partial charge is 0.411 e. The number of amides is 1. The molecule has 6 nitrogen and oxygen atoms in total. The molecule has 1 unspecified atom stereocenters. The summed E-state index contributed by atoms with van der Waals surface area (Å²) < 4.78 is 10.5. The highest BCUT2D eigenvalue weighted by Gasteiger charge is 2.37. The van der Waals surface area contributed by atoms with E-state index in [1.807, 2.05) is 0 Å². The highest BCUT2D eigenvalue weighted by atomic mass is 32.2. The summed E-state index contributed by atoms with van der Waals surface area (Å²) in [5.41, 5.74) is -0.585. The second-order valence-electron chi connectivity index (χ2n) is 6.01. The number of ether oxygens (including phenoxy) is 1. The third kappa shape index (κ3) is 4.62. The lowest BCUT2D eigenvalue weighted by Gasteiger charge is -2.27. The van der Waals surface area contributed by atoms with Crippen LogP contribution < -0.4 is 0 Å². The van der Waals surface area contributed by atoms with E-state index in [-0.39, 0.29) is 0 Å². The van der Waals surface area contributed by atoms with Crippen LogP contribution in [0.2, 0.25) is 0 Å². The predicted molar refractivity (Wildman–Crippen MR) is 82.1 cm³/mol. The zero-order valence-corrected chi connectivity index (χ0v) is 13.8. The number of hydrogen-bond acceptors (Lipinski definition) is 6. The van der Waals surface area contributed by atoms with Crippen molar-refractivity contribution in [1.82, 2.24) is 9.88 Å². The van der Waals surface area contributed by atoms with E-state index in [2.05, 4.69) is 4.98 Å². The molecule has 120 valence electrons. The van der Waals surface area contributed by atoms with Gasteiger partial charge in [0.05, 0.1) is 16.9 Å². The Morgan fingerprint density at radius 2 is 2.18 bits per heavy atom. The third-order valence-corrected chi connectivity index (χ3v) is 3.69. The van der Waals surface area contributed by atoms with Gasteiger partial charge in [0, 0.05) is 18.9 Å². The van der Waals surface area contributed by atoms with Gasteiger partial charge in [-0.05, 0) is 45.7 Å². The van der Waals surface area contributed by atoms with Crippen molar-refractivity contribution >= 4 is 24.1 Å². The molecule has 2 rings (SSSR count). The molecular weight excluding hydrogens is 304 g/mol. The molecule has 0 bridgehead atoms. The molecule has 1 amide bonds. The molecule has 1 aliphatic heterocycles. The molecule has 7 heteroatoms. The van der Waals surface area contributed by atoms with Crippen molar-refractivity contribution in [1.29, 1.82) is 0 Å². The quantitative estimate of drug-likeness (QED) is 0.796. The first-order valence-corrected chi connectivity index (χ1v) is 7.89. The number of hydrogen-bond donors (Lipinski definition) is 0. The van der Waals surface area contributed by atoms with Gasteiger partial charge in [0.25, 0.3) is 0 Å². The molecule has 0 saturated carbocycles. The van der Waals surface area contributed by atoms with Crippen LogP contribution in [-0.2, 0) is 13.7 Å². The minimum absolute atomic E-state index is 0.433. The van der Waals surface area contributed by atoms with Crippen LogP contribution in [0.15, 0.2) is 29.4 Å². The first kappa shape index (κ1) is 16.6. The van der Waals surface area contributed by atoms with Crippen molar-refractivity contribution in [3.8, 4) is 0 Å². The van der Waals surface area contributed by atoms with Gasteiger partial charge >= 0.3 is 12.1 Å². The lowest BCUT2D eigenvalue weighted by molar-refractivity contribution is -0.137. The molecule has 0 N–H and O–H groups in total. The molecule has 1 saturated heterocycles. The molecule has 1 aliphatic rings. The van der Waals surface area contributed by atoms with Crippen molar-refractivity contribution in [3.63, 3.8) is 0 Å². The molecule has 2 heterocycles. The number of likely N-dealkylation sites (tertiary alicyclic amines) is 1. The van der Waals surface area contributed by atoms with E-state index >= 15 is 0 Å². The van der Waals surface area contributed by atoms with Crippen LogP contribution in [-0.4, -0.2) is 40.1 Å². The standard InChI is InChI=1S/C15H20N2O4S/c1-15(2,3)20-14(19)17-9-5-7-12(17)13(18)21-22-11-6-4-8-16-10-11/h4,6,8,10,12H,5,7,9H2,1-3H3. The summed E-state index contributed by atoms with van der Waals surface area (Å²) in [5.74, 6) is -0.433. The molecular formula is C15H20N2O4S. The van der Waals surface area contributed by atoms with Crippen LogP contribution >= 0.6 is 12.0 Å². The topological polar surface area (TPSA) is 68.7 Å². The summed E-state index contributed by atoms with van der Waals surface area (Å²) >= 11 is 0.951. The largest absolute Gasteiger partial charge is 0.444 e. The summed E-state index contributed by atoms with van der Waals surface area (Å²) in [6.07, 6.45) is 4.13. The fourth-order valence-electron chi connectivity index (χ4n) is 2.09. The highest BCUT2D eigenvalue weighted by Crippen LogP contribution is 2.25. The van der Waals surface area contributed by atoms with Gasteiger partial charge in [0.1, 0.15) is 11.6 Å². The van der Waals surface area contributed by atoms with E-state index in [0.717, 1.165) is 23.4 Å². The summed E-state index contributed by atoms with van der Waals surface area (Å²) in [6.45, 7) is 5.90. The van der Waals surface area contributed by atoms with Crippen molar-refractivity contribution in [3.05, 3.63) is 24.5 Å². The van der Waals surface area contributed by atoms with E-state index in [1.165, 1.54) is 4.90 Å². The molecule has 1 atom stereocenters. The van der Waals surface area contributed by atoms with Crippen molar-refractivity contribution in [2.45, 2.75) is 50.2 Å². The molecule has 0 aromatic carbocycles. The average molecular weight is 324 g/mol. The van der Waals surface area contributed by atoms with E-state index in [9.17, 15) is 9.59 Å². The van der Waals surface area contributed by atoms with Gasteiger partial charge in [-0.15, -0.1) is 0 Å². The first-order valence-electron chi connectivity index (χ1n) is 7.15. The van der Waals surface area contributed by atoms with Crippen LogP contribution in [0, 0.1) is 0 Å². The molecule has 0 aliphatic carbocycles. The lowest BCUT2D eigenvalue weighted by atomic mass is 10.2. The van der Waals surface area contributed by atoms with Crippen LogP contribution in [0.4, 0.5) is 4.79 Å². The Morgan fingerprint density at radius 3 is 2.82 bits per heavy atom. The van der Waals surface area contributed by atoms with E-state index in [0.29, 0.717) is 13.0 Å². The van der Waals surface area contributed by atoms with Crippen molar-refractivity contribution in [2.24, 2.45) is 0 Å². The molecule has 22 heavy (non-hydrogen) atoms. The maximum Gasteiger partial charge on any atom is 0.411 e. The van der Waals surface area contributed by atoms with Gasteiger partial charge < -0.3 is 8.92 Å². The Balaban J connectivity index is 1.92. The second kappa shape index (κ2) is 7.00. The zero-order chi connectivity index (χ0) is 16.2. The Hall–Kier alpha value is -1.76. The van der Waals surface area contributed by atoms with Crippen molar-refractivity contribution < 1.29 is 18.5 Å². The van der Waals surface area contributed by atoms with Crippen molar-refractivity contribution in [2.75, 3.05) is 6.54 Å². The van der Waals surface area contributed by atoms with Gasteiger partial charge in [0.15, 0.2) is 0 Å². The van der Waals surface area contributed by atoms with Gasteiger partial charge in [-0.25, -0.2) is 9.59 Å². The Morgan fingerprint density at radius 1 is 1.41 bits per heavy atom. The monoisotopic (exact) mass is 324 g/mol. The summed E-state index contributed by atoms with van der Waals surface area (Å²) in [4.78, 5) is 30.4. The zero-order valence-electron chi connectivity index (χ0n) is 12.9. The summed E-state index contributed by atoms with van der Waals surface area (Å²) in [5, 5.41) is 0. The maximum atomic E-state index is 12.2. The number of aromatic nitrogens is 1. The molecule has 1 aromatic rings. The number of carbonyl (C=O) groups excluding carboxylic acids is 2. The first-order chi connectivity index (χ1) is 10.4. The van der Waals surface area contributed by atoms with Crippen LogP contribution in [0.5, 0.6) is 0 Å². The predicted octanol–water partition coefficient (Wildman–Crippen LogP) is 3.03. The van der Waals surface area contributed by atoms with Crippen LogP contribution in [0.3, 0.4) is 0 Å². The number of rotatable bonds is 3. The third-order valence-electron chi connectivity index (χ3n) is 3.01. The molecule has 0 spiro atoms. The Bertz CT molecular complexity index is 530. The van der Waals surface area contributed by atoms with Crippen LogP contribution in [0.1, 0.15) is 33.6 Å². The van der Waals surface area contributed by atoms with Gasteiger partial charge in [0.2, 0.25) is 0 Å².